The summed E-state index contributed by atoms with van der Waals surface area (Å²) in [7, 11) is 0.979. The van der Waals surface area contributed by atoms with Crippen molar-refractivity contribution in [2.24, 2.45) is 0 Å². The first-order chi connectivity index (χ1) is 5.82. The maximum atomic E-state index is 10.8. The van der Waals surface area contributed by atoms with Crippen LogP contribution in [0.1, 0.15) is 4.88 Å². The SMILES string of the molecule is Cc1cc(S(=O)(=O)Cl)c([N+](=O)[O-])s1. The lowest BCUT2D eigenvalue weighted by Crippen LogP contribution is -1.93. The monoisotopic (exact) mass is 241 g/mol. The first-order valence-electron chi connectivity index (χ1n) is 3.02. The number of aryl methyl sites for hydroxylation is 1. The van der Waals surface area contributed by atoms with Crippen molar-refractivity contribution < 1.29 is 13.3 Å². The molecule has 0 bridgehead atoms. The van der Waals surface area contributed by atoms with E-state index in [0.29, 0.717) is 4.88 Å². The third-order valence-corrected chi connectivity index (χ3v) is 3.70. The van der Waals surface area contributed by atoms with Gasteiger partial charge >= 0.3 is 5.00 Å². The van der Waals surface area contributed by atoms with Crippen molar-refractivity contribution in [2.75, 3.05) is 0 Å². The maximum absolute atomic E-state index is 10.8. The van der Waals surface area contributed by atoms with E-state index in [2.05, 4.69) is 0 Å². The van der Waals surface area contributed by atoms with Crippen LogP contribution in [-0.4, -0.2) is 13.3 Å². The molecule has 72 valence electrons. The first-order valence-corrected chi connectivity index (χ1v) is 6.14. The Morgan fingerprint density at radius 3 is 2.46 bits per heavy atom. The van der Waals surface area contributed by atoms with Gasteiger partial charge < -0.3 is 0 Å². The summed E-state index contributed by atoms with van der Waals surface area (Å²) < 4.78 is 21.7. The van der Waals surface area contributed by atoms with Crippen LogP contribution in [-0.2, 0) is 9.05 Å². The van der Waals surface area contributed by atoms with Gasteiger partial charge in [-0.15, -0.1) is 0 Å². The van der Waals surface area contributed by atoms with Gasteiger partial charge in [0.1, 0.15) is 0 Å². The average Bonchev–Trinajstić information content (AvgIpc) is 2.29. The minimum Gasteiger partial charge on any atom is -0.258 e. The molecule has 8 heteroatoms. The van der Waals surface area contributed by atoms with Crippen molar-refractivity contribution in [3.63, 3.8) is 0 Å². The summed E-state index contributed by atoms with van der Waals surface area (Å²) in [4.78, 5) is 9.72. The molecule has 0 aliphatic rings. The van der Waals surface area contributed by atoms with Crippen LogP contribution in [0.3, 0.4) is 0 Å². The van der Waals surface area contributed by atoms with Crippen molar-refractivity contribution in [2.45, 2.75) is 11.8 Å². The lowest BCUT2D eigenvalue weighted by molar-refractivity contribution is -0.383. The molecule has 0 spiro atoms. The van der Waals surface area contributed by atoms with Gasteiger partial charge in [0.25, 0.3) is 9.05 Å². The normalized spacial score (nSPS) is 11.5. The van der Waals surface area contributed by atoms with Crippen LogP contribution in [0.15, 0.2) is 11.0 Å². The topological polar surface area (TPSA) is 77.3 Å². The summed E-state index contributed by atoms with van der Waals surface area (Å²) in [5.41, 5.74) is 0. The lowest BCUT2D eigenvalue weighted by Gasteiger charge is -1.89. The van der Waals surface area contributed by atoms with Gasteiger partial charge in [-0.3, -0.25) is 10.1 Å². The first kappa shape index (κ1) is 10.4. The van der Waals surface area contributed by atoms with Crippen molar-refractivity contribution in [1.29, 1.82) is 0 Å². The Morgan fingerprint density at radius 1 is 1.62 bits per heavy atom. The Bertz CT molecular complexity index is 449. The highest BCUT2D eigenvalue weighted by atomic mass is 35.7. The summed E-state index contributed by atoms with van der Waals surface area (Å²) in [6.45, 7) is 1.57. The Kier molecular flexibility index (Phi) is 2.60. The fourth-order valence-electron chi connectivity index (χ4n) is 0.781. The van der Waals surface area contributed by atoms with Crippen LogP contribution < -0.4 is 0 Å². The molecule has 0 N–H and O–H groups in total. The Labute approximate surface area is 82.5 Å². The third-order valence-electron chi connectivity index (χ3n) is 1.23. The van der Waals surface area contributed by atoms with Crippen LogP contribution in [0.2, 0.25) is 0 Å². The fourth-order valence-corrected chi connectivity index (χ4v) is 3.12. The average molecular weight is 242 g/mol. The zero-order valence-electron chi connectivity index (χ0n) is 6.35. The number of hydrogen-bond acceptors (Lipinski definition) is 5. The summed E-state index contributed by atoms with van der Waals surface area (Å²) in [5.74, 6) is 0. The molecule has 0 aliphatic heterocycles. The molecule has 1 aromatic rings. The van der Waals surface area contributed by atoms with Gasteiger partial charge in [0.15, 0.2) is 4.90 Å². The molecule has 1 rings (SSSR count). The number of nitrogens with zero attached hydrogens (tertiary/aromatic N) is 1. The predicted molar refractivity (Wildman–Crippen MR) is 48.7 cm³/mol. The van der Waals surface area contributed by atoms with E-state index in [0.717, 1.165) is 11.3 Å². The molecule has 0 amide bonds. The number of rotatable bonds is 2. The Balaban J connectivity index is 3.46. The van der Waals surface area contributed by atoms with Gasteiger partial charge in [-0.2, -0.15) is 0 Å². The summed E-state index contributed by atoms with van der Waals surface area (Å²) in [5, 5.41) is 9.94. The van der Waals surface area contributed by atoms with Crippen LogP contribution in [0, 0.1) is 17.0 Å². The van der Waals surface area contributed by atoms with E-state index < -0.39 is 23.9 Å². The molecule has 5 nitrogen and oxygen atoms in total. The third kappa shape index (κ3) is 2.17. The molecule has 0 fully saturated rings. The molecule has 0 radical (unpaired) electrons. The van der Waals surface area contributed by atoms with Gasteiger partial charge in [0, 0.05) is 15.6 Å². The van der Waals surface area contributed by atoms with E-state index in [-0.39, 0.29) is 0 Å². The number of thiophene rings is 1. The molecule has 0 aromatic carbocycles. The smallest absolute Gasteiger partial charge is 0.258 e. The zero-order chi connectivity index (χ0) is 10.2. The molecule has 0 saturated heterocycles. The standard InChI is InChI=1S/C5H4ClNO4S2/c1-3-2-4(13(6,10)11)5(12-3)7(8)9/h2H,1H3. The molecule has 1 aromatic heterocycles. The van der Waals surface area contributed by atoms with E-state index in [1.165, 1.54) is 6.07 Å². The largest absolute Gasteiger partial charge is 0.344 e. The van der Waals surface area contributed by atoms with Crippen molar-refractivity contribution in [3.8, 4) is 0 Å². The molecule has 0 saturated carbocycles. The van der Waals surface area contributed by atoms with Crippen LogP contribution >= 0.6 is 22.0 Å². The van der Waals surface area contributed by atoms with E-state index in [9.17, 15) is 18.5 Å². The summed E-state index contributed by atoms with van der Waals surface area (Å²) >= 11 is 0.787. The Morgan fingerprint density at radius 2 is 2.15 bits per heavy atom. The van der Waals surface area contributed by atoms with Gasteiger partial charge in [-0.1, -0.05) is 11.3 Å². The second kappa shape index (κ2) is 3.24. The van der Waals surface area contributed by atoms with Gasteiger partial charge in [0.05, 0.1) is 4.92 Å². The molecular weight excluding hydrogens is 238 g/mol. The van der Waals surface area contributed by atoms with Crippen molar-refractivity contribution in [3.05, 3.63) is 21.1 Å². The number of hydrogen-bond donors (Lipinski definition) is 0. The van der Waals surface area contributed by atoms with E-state index >= 15 is 0 Å². The molecule has 0 unspecified atom stereocenters. The molecule has 0 aliphatic carbocycles. The second-order valence-electron chi connectivity index (χ2n) is 2.22. The molecule has 13 heavy (non-hydrogen) atoms. The number of halogens is 1. The summed E-state index contributed by atoms with van der Waals surface area (Å²) in [6, 6.07) is 1.19. The van der Waals surface area contributed by atoms with E-state index in [1.54, 1.807) is 6.92 Å². The minimum absolute atomic E-state index is 0.429. The van der Waals surface area contributed by atoms with Crippen LogP contribution in [0.4, 0.5) is 5.00 Å². The van der Waals surface area contributed by atoms with Crippen molar-refractivity contribution >= 4 is 36.1 Å². The zero-order valence-corrected chi connectivity index (χ0v) is 8.74. The highest BCUT2D eigenvalue weighted by Gasteiger charge is 2.26. The lowest BCUT2D eigenvalue weighted by atomic mass is 10.5. The molecule has 1 heterocycles. The second-order valence-corrected chi connectivity index (χ2v) is 5.99. The quantitative estimate of drug-likeness (QED) is 0.450. The highest BCUT2D eigenvalue weighted by Crippen LogP contribution is 2.34. The predicted octanol–water partition coefficient (Wildman–Crippen LogP) is 1.89. The highest BCUT2D eigenvalue weighted by molar-refractivity contribution is 8.14. The molecular formula is C5H4ClNO4S2. The van der Waals surface area contributed by atoms with Gasteiger partial charge in [0.2, 0.25) is 0 Å². The fraction of sp³-hybridized carbons (Fsp3) is 0.200. The van der Waals surface area contributed by atoms with E-state index in [4.69, 9.17) is 10.7 Å². The van der Waals surface area contributed by atoms with Crippen LogP contribution in [0.25, 0.3) is 0 Å². The molecule has 0 atom stereocenters. The number of nitro groups is 1. The summed E-state index contributed by atoms with van der Waals surface area (Å²) in [6.07, 6.45) is 0. The van der Waals surface area contributed by atoms with Crippen molar-refractivity contribution in [1.82, 2.24) is 0 Å². The maximum Gasteiger partial charge on any atom is 0.344 e. The Hall–Kier alpha value is -0.660. The van der Waals surface area contributed by atoms with Gasteiger partial charge in [-0.25, -0.2) is 8.42 Å². The van der Waals surface area contributed by atoms with E-state index in [1.807, 2.05) is 0 Å². The van der Waals surface area contributed by atoms with Gasteiger partial charge in [-0.05, 0) is 13.0 Å². The minimum atomic E-state index is -4.02. The van der Waals surface area contributed by atoms with Crippen LogP contribution in [0.5, 0.6) is 0 Å².